The number of hydrogen-bond acceptors (Lipinski definition) is 0. The minimum atomic E-state index is 0.835. The molecule has 77 valence electrons. The first-order valence-corrected chi connectivity index (χ1v) is 6.00. The average Bonchev–Trinajstić information content (AvgIpc) is 2.18. The van der Waals surface area contributed by atoms with Crippen molar-refractivity contribution in [1.29, 1.82) is 0 Å². The zero-order valence-electron chi connectivity index (χ0n) is 8.91. The van der Waals surface area contributed by atoms with Crippen molar-refractivity contribution in [2.45, 2.75) is 44.9 Å². The summed E-state index contributed by atoms with van der Waals surface area (Å²) < 4.78 is 0. The zero-order chi connectivity index (χ0) is 9.64. The van der Waals surface area contributed by atoms with Crippen LogP contribution in [0.4, 0.5) is 0 Å². The average molecular weight is 190 g/mol. The van der Waals surface area contributed by atoms with E-state index in [-0.39, 0.29) is 0 Å². The Morgan fingerprint density at radius 3 is 2.36 bits per heavy atom. The number of hydrogen-bond donors (Lipinski definition) is 0. The third kappa shape index (κ3) is 2.63. The van der Waals surface area contributed by atoms with E-state index in [0.29, 0.717) is 0 Å². The molecule has 1 nitrogen and oxygen atoms in total. The summed E-state index contributed by atoms with van der Waals surface area (Å²) in [7, 11) is 0. The summed E-state index contributed by atoms with van der Waals surface area (Å²) in [6.07, 6.45) is 16.5. The minimum Gasteiger partial charge on any atom is -0.289 e. The van der Waals surface area contributed by atoms with Gasteiger partial charge in [0.15, 0.2) is 0 Å². The van der Waals surface area contributed by atoms with Crippen LogP contribution in [0.5, 0.6) is 0 Å². The van der Waals surface area contributed by atoms with E-state index in [1.54, 1.807) is 5.57 Å². The second kappa shape index (κ2) is 5.23. The molecule has 1 heteroatoms. The molecular formula is C13H20N. The van der Waals surface area contributed by atoms with Crippen molar-refractivity contribution < 1.29 is 0 Å². The maximum atomic E-state index is 4.21. The molecule has 14 heavy (non-hydrogen) atoms. The van der Waals surface area contributed by atoms with Crippen molar-refractivity contribution in [3.63, 3.8) is 0 Å². The summed E-state index contributed by atoms with van der Waals surface area (Å²) in [6, 6.07) is 0. The van der Waals surface area contributed by atoms with E-state index in [1.807, 2.05) is 6.20 Å². The summed E-state index contributed by atoms with van der Waals surface area (Å²) in [5.74, 6) is 0.835. The van der Waals surface area contributed by atoms with E-state index in [0.717, 1.165) is 12.5 Å². The molecule has 2 rings (SSSR count). The molecule has 1 fully saturated rings. The van der Waals surface area contributed by atoms with Crippen LogP contribution in [0.2, 0.25) is 0 Å². The van der Waals surface area contributed by atoms with Gasteiger partial charge in [0, 0.05) is 6.20 Å². The molecule has 1 heterocycles. The maximum absolute atomic E-state index is 4.21. The molecule has 1 aliphatic carbocycles. The molecule has 0 aromatic heterocycles. The second-order valence-corrected chi connectivity index (χ2v) is 4.43. The Hall–Kier alpha value is -0.720. The third-order valence-electron chi connectivity index (χ3n) is 3.38. The van der Waals surface area contributed by atoms with Crippen molar-refractivity contribution in [2.24, 2.45) is 5.92 Å². The van der Waals surface area contributed by atoms with E-state index < -0.39 is 0 Å². The van der Waals surface area contributed by atoms with Gasteiger partial charge >= 0.3 is 0 Å². The first-order valence-electron chi connectivity index (χ1n) is 6.00. The van der Waals surface area contributed by atoms with Crippen LogP contribution >= 0.6 is 0 Å². The van der Waals surface area contributed by atoms with Gasteiger partial charge < -0.3 is 0 Å². The first kappa shape index (κ1) is 9.82. The van der Waals surface area contributed by atoms with Gasteiger partial charge in [-0.25, -0.2) is 0 Å². The molecule has 1 saturated carbocycles. The molecule has 0 bridgehead atoms. The Labute approximate surface area is 87.3 Å². The Bertz CT molecular complexity index is 219. The topological polar surface area (TPSA) is 14.1 Å². The van der Waals surface area contributed by atoms with Crippen LogP contribution in [0.25, 0.3) is 0 Å². The minimum absolute atomic E-state index is 0.835. The Morgan fingerprint density at radius 1 is 1.00 bits per heavy atom. The predicted molar refractivity (Wildman–Crippen MR) is 60.0 cm³/mol. The molecule has 0 unspecified atom stereocenters. The number of nitrogens with zero attached hydrogens (tertiary/aromatic N) is 1. The highest BCUT2D eigenvalue weighted by atomic mass is 14.8. The molecule has 0 amide bonds. The van der Waals surface area contributed by atoms with Gasteiger partial charge in [-0.2, -0.15) is 0 Å². The monoisotopic (exact) mass is 190 g/mol. The van der Waals surface area contributed by atoms with Crippen LogP contribution in [0.15, 0.2) is 23.9 Å². The Kier molecular flexibility index (Phi) is 3.67. The molecular weight excluding hydrogens is 170 g/mol. The van der Waals surface area contributed by atoms with Gasteiger partial charge in [-0.15, -0.1) is 0 Å². The Balaban J connectivity index is 1.93. The lowest BCUT2D eigenvalue weighted by atomic mass is 9.85. The van der Waals surface area contributed by atoms with Crippen LogP contribution in [-0.4, -0.2) is 6.54 Å². The summed E-state index contributed by atoms with van der Waals surface area (Å²) in [5.41, 5.74) is 1.56. The lowest BCUT2D eigenvalue weighted by molar-refractivity contribution is 0.423. The maximum Gasteiger partial charge on any atom is 0.0576 e. The lowest BCUT2D eigenvalue weighted by Crippen LogP contribution is -2.10. The van der Waals surface area contributed by atoms with Gasteiger partial charge in [0.2, 0.25) is 0 Å². The van der Waals surface area contributed by atoms with Gasteiger partial charge in [0.1, 0.15) is 0 Å². The quantitative estimate of drug-likeness (QED) is 0.601. The zero-order valence-corrected chi connectivity index (χ0v) is 8.91. The molecule has 1 radical (unpaired) electrons. The second-order valence-electron chi connectivity index (χ2n) is 4.43. The van der Waals surface area contributed by atoms with Gasteiger partial charge in [-0.05, 0) is 30.4 Å². The molecule has 1 aliphatic heterocycles. The van der Waals surface area contributed by atoms with Crippen molar-refractivity contribution >= 4 is 0 Å². The number of allylic oxidation sites excluding steroid dienone is 2. The summed E-state index contributed by atoms with van der Waals surface area (Å²) >= 11 is 0. The van der Waals surface area contributed by atoms with E-state index >= 15 is 0 Å². The highest BCUT2D eigenvalue weighted by molar-refractivity contribution is 5.24. The highest BCUT2D eigenvalue weighted by Crippen LogP contribution is 2.29. The standard InChI is InChI=1S/C13H20N/c1-2-4-6-12(7-5-3-1)13-8-10-14-11-9-13/h8-10,12H,1-7,11H2. The third-order valence-corrected chi connectivity index (χ3v) is 3.38. The van der Waals surface area contributed by atoms with Crippen molar-refractivity contribution in [1.82, 2.24) is 5.32 Å². The molecule has 0 atom stereocenters. The van der Waals surface area contributed by atoms with Crippen LogP contribution < -0.4 is 5.32 Å². The van der Waals surface area contributed by atoms with Gasteiger partial charge in [0.05, 0.1) is 6.54 Å². The Morgan fingerprint density at radius 2 is 1.71 bits per heavy atom. The molecule has 2 aliphatic rings. The fraction of sp³-hybridized carbons (Fsp3) is 0.692. The van der Waals surface area contributed by atoms with Crippen LogP contribution in [-0.2, 0) is 0 Å². The van der Waals surface area contributed by atoms with Crippen molar-refractivity contribution in [2.75, 3.05) is 6.54 Å². The highest BCUT2D eigenvalue weighted by Gasteiger charge is 2.14. The van der Waals surface area contributed by atoms with E-state index in [4.69, 9.17) is 0 Å². The number of rotatable bonds is 1. The first-order chi connectivity index (χ1) is 6.97. The van der Waals surface area contributed by atoms with Crippen LogP contribution in [0, 0.1) is 5.92 Å². The summed E-state index contributed by atoms with van der Waals surface area (Å²) in [4.78, 5) is 0. The lowest BCUT2D eigenvalue weighted by Gasteiger charge is -2.22. The van der Waals surface area contributed by atoms with Crippen LogP contribution in [0.3, 0.4) is 0 Å². The molecule has 0 saturated heterocycles. The van der Waals surface area contributed by atoms with Gasteiger partial charge in [0.25, 0.3) is 0 Å². The molecule has 0 aromatic rings. The SMILES string of the molecule is C1=CC(C2CCCCCCC2)=CC[N]1. The molecule has 0 aromatic carbocycles. The summed E-state index contributed by atoms with van der Waals surface area (Å²) in [5, 5.41) is 4.21. The van der Waals surface area contributed by atoms with Crippen molar-refractivity contribution in [3.05, 3.63) is 23.9 Å². The fourth-order valence-electron chi connectivity index (χ4n) is 2.52. The summed E-state index contributed by atoms with van der Waals surface area (Å²) in [6.45, 7) is 0.905. The molecule has 0 N–H and O–H groups in total. The van der Waals surface area contributed by atoms with Gasteiger partial charge in [-0.3, -0.25) is 5.32 Å². The smallest absolute Gasteiger partial charge is 0.0576 e. The molecule has 0 spiro atoms. The van der Waals surface area contributed by atoms with Crippen molar-refractivity contribution in [3.8, 4) is 0 Å². The normalized spacial score (nSPS) is 24.7. The van der Waals surface area contributed by atoms with Gasteiger partial charge in [-0.1, -0.05) is 38.2 Å². The predicted octanol–water partition coefficient (Wildman–Crippen LogP) is 3.41. The van der Waals surface area contributed by atoms with E-state index in [2.05, 4.69) is 17.5 Å². The largest absolute Gasteiger partial charge is 0.289 e. The van der Waals surface area contributed by atoms with E-state index in [9.17, 15) is 0 Å². The van der Waals surface area contributed by atoms with Crippen LogP contribution in [0.1, 0.15) is 44.9 Å². The van der Waals surface area contributed by atoms with E-state index in [1.165, 1.54) is 44.9 Å². The fourth-order valence-corrected chi connectivity index (χ4v) is 2.52.